The van der Waals surface area contributed by atoms with E-state index in [9.17, 15) is 4.79 Å². The number of nitrogens with zero attached hydrogens (tertiary/aromatic N) is 1. The molecule has 0 aliphatic heterocycles. The molecule has 2 heteroatoms. The number of hydrogen-bond donors (Lipinski definition) is 0. The fourth-order valence-electron chi connectivity index (χ4n) is 1.75. The number of Topliss-reactive ketones (excluding diaryl/α,β-unsaturated/α-hetero) is 1. The van der Waals surface area contributed by atoms with Crippen molar-refractivity contribution < 1.29 is 4.79 Å². The van der Waals surface area contributed by atoms with E-state index in [1.54, 1.807) is 18.3 Å². The Morgan fingerprint density at radius 3 is 2.35 bits per heavy atom. The van der Waals surface area contributed by atoms with E-state index in [1.807, 2.05) is 12.1 Å². The number of aromatic nitrogens is 1. The van der Waals surface area contributed by atoms with Crippen LogP contribution in [0.5, 0.6) is 0 Å². The Kier molecular flexibility index (Phi) is 4.00. The van der Waals surface area contributed by atoms with Gasteiger partial charge in [0, 0.05) is 23.5 Å². The van der Waals surface area contributed by atoms with Gasteiger partial charge in [0.05, 0.1) is 0 Å². The van der Waals surface area contributed by atoms with Gasteiger partial charge in [-0.25, -0.2) is 0 Å². The minimum Gasteiger partial charge on any atom is -0.279 e. The Labute approximate surface area is 119 Å². The van der Waals surface area contributed by atoms with Crippen molar-refractivity contribution in [3.05, 3.63) is 65.5 Å². The molecule has 0 atom stereocenters. The van der Waals surface area contributed by atoms with Gasteiger partial charge in [-0.2, -0.15) is 0 Å². The standard InChI is InChI=1S/C18H17NO/c1-18(2,3)16-9-6-14(7-10-16)8-11-17(20)15-5-4-12-19-13-15/h4-7,9-10,12-13H,1-3H3. The first-order chi connectivity index (χ1) is 9.47. The Hall–Kier alpha value is -2.40. The second-order valence-corrected chi connectivity index (χ2v) is 5.65. The van der Waals surface area contributed by atoms with Crippen LogP contribution in [-0.4, -0.2) is 10.8 Å². The van der Waals surface area contributed by atoms with Crippen molar-refractivity contribution in [2.24, 2.45) is 0 Å². The van der Waals surface area contributed by atoms with Crippen molar-refractivity contribution in [3.8, 4) is 11.8 Å². The molecule has 0 radical (unpaired) electrons. The van der Waals surface area contributed by atoms with Gasteiger partial charge < -0.3 is 0 Å². The van der Waals surface area contributed by atoms with Gasteiger partial charge >= 0.3 is 0 Å². The SMILES string of the molecule is CC(C)(C)c1ccc(C#CC(=O)c2cccnc2)cc1. The third-order valence-corrected chi connectivity index (χ3v) is 3.00. The summed E-state index contributed by atoms with van der Waals surface area (Å²) in [5, 5.41) is 0. The lowest BCUT2D eigenvalue weighted by Gasteiger charge is -2.18. The Morgan fingerprint density at radius 2 is 1.80 bits per heavy atom. The quantitative estimate of drug-likeness (QED) is 0.581. The van der Waals surface area contributed by atoms with Crippen LogP contribution >= 0.6 is 0 Å². The number of ketones is 1. The van der Waals surface area contributed by atoms with E-state index < -0.39 is 0 Å². The molecule has 0 aliphatic rings. The van der Waals surface area contributed by atoms with Gasteiger partial charge in [0.15, 0.2) is 0 Å². The largest absolute Gasteiger partial charge is 0.279 e. The zero-order valence-corrected chi connectivity index (χ0v) is 12.0. The summed E-state index contributed by atoms with van der Waals surface area (Å²) in [6, 6.07) is 11.4. The molecular weight excluding hydrogens is 246 g/mol. The highest BCUT2D eigenvalue weighted by Crippen LogP contribution is 2.21. The highest BCUT2D eigenvalue weighted by Gasteiger charge is 2.12. The number of rotatable bonds is 1. The summed E-state index contributed by atoms with van der Waals surface area (Å²) in [5.74, 6) is 5.33. The first-order valence-electron chi connectivity index (χ1n) is 6.54. The second kappa shape index (κ2) is 5.71. The van der Waals surface area contributed by atoms with E-state index in [0.717, 1.165) is 5.56 Å². The van der Waals surface area contributed by atoms with Crippen LogP contribution in [0.2, 0.25) is 0 Å². The molecule has 0 unspecified atom stereocenters. The number of carbonyl (C=O) groups excluding carboxylic acids is 1. The van der Waals surface area contributed by atoms with Crippen LogP contribution in [0.3, 0.4) is 0 Å². The average Bonchev–Trinajstić information content (AvgIpc) is 2.45. The number of pyridine rings is 1. The maximum atomic E-state index is 11.8. The minimum absolute atomic E-state index is 0.123. The molecule has 0 saturated carbocycles. The van der Waals surface area contributed by atoms with Gasteiger partial charge in [0.1, 0.15) is 0 Å². The molecule has 0 N–H and O–H groups in total. The smallest absolute Gasteiger partial charge is 0.237 e. The van der Waals surface area contributed by atoms with Crippen molar-refractivity contribution >= 4 is 5.78 Å². The van der Waals surface area contributed by atoms with Crippen LogP contribution in [0.25, 0.3) is 0 Å². The van der Waals surface area contributed by atoms with Gasteiger partial charge in [0.2, 0.25) is 5.78 Å². The lowest BCUT2D eigenvalue weighted by Crippen LogP contribution is -2.10. The van der Waals surface area contributed by atoms with E-state index in [1.165, 1.54) is 11.8 Å². The molecule has 0 aliphatic carbocycles. The van der Waals surface area contributed by atoms with Crippen molar-refractivity contribution in [2.75, 3.05) is 0 Å². The van der Waals surface area contributed by atoms with E-state index in [2.05, 4.69) is 49.7 Å². The predicted molar refractivity (Wildman–Crippen MR) is 80.6 cm³/mol. The van der Waals surface area contributed by atoms with E-state index in [-0.39, 0.29) is 11.2 Å². The highest BCUT2D eigenvalue weighted by atomic mass is 16.1. The monoisotopic (exact) mass is 263 g/mol. The van der Waals surface area contributed by atoms with Crippen molar-refractivity contribution in [1.82, 2.24) is 4.98 Å². The molecule has 2 nitrogen and oxygen atoms in total. The summed E-state index contributed by atoms with van der Waals surface area (Å²) < 4.78 is 0. The maximum absolute atomic E-state index is 11.8. The van der Waals surface area contributed by atoms with Crippen LogP contribution in [-0.2, 0) is 5.41 Å². The molecule has 0 bridgehead atoms. The maximum Gasteiger partial charge on any atom is 0.237 e. The van der Waals surface area contributed by atoms with E-state index in [0.29, 0.717) is 5.56 Å². The molecule has 0 saturated heterocycles. The molecular formula is C18H17NO. The first kappa shape index (κ1) is 14.0. The number of hydrogen-bond acceptors (Lipinski definition) is 2. The summed E-state index contributed by atoms with van der Waals surface area (Å²) in [7, 11) is 0. The second-order valence-electron chi connectivity index (χ2n) is 5.65. The summed E-state index contributed by atoms with van der Waals surface area (Å²) in [5.41, 5.74) is 2.74. The highest BCUT2D eigenvalue weighted by molar-refractivity contribution is 6.09. The average molecular weight is 263 g/mol. The Morgan fingerprint density at radius 1 is 1.10 bits per heavy atom. The van der Waals surface area contributed by atoms with Gasteiger partial charge in [-0.1, -0.05) is 38.8 Å². The molecule has 1 heterocycles. The van der Waals surface area contributed by atoms with Gasteiger partial charge in [0.25, 0.3) is 0 Å². The molecule has 0 fully saturated rings. The van der Waals surface area contributed by atoms with Gasteiger partial charge in [-0.3, -0.25) is 9.78 Å². The van der Waals surface area contributed by atoms with Crippen molar-refractivity contribution in [2.45, 2.75) is 26.2 Å². The summed E-state index contributed by atoms with van der Waals surface area (Å²) >= 11 is 0. The summed E-state index contributed by atoms with van der Waals surface area (Å²) in [6.45, 7) is 6.50. The van der Waals surface area contributed by atoms with Crippen LogP contribution in [0.4, 0.5) is 0 Å². The lowest BCUT2D eigenvalue weighted by atomic mass is 9.87. The summed E-state index contributed by atoms with van der Waals surface area (Å²) in [4.78, 5) is 15.7. The number of benzene rings is 1. The molecule has 0 spiro atoms. The van der Waals surface area contributed by atoms with Gasteiger partial charge in [-0.05, 0) is 41.2 Å². The fraction of sp³-hybridized carbons (Fsp3) is 0.222. The molecule has 100 valence electrons. The van der Waals surface area contributed by atoms with Crippen LogP contribution < -0.4 is 0 Å². The summed E-state index contributed by atoms with van der Waals surface area (Å²) in [6.07, 6.45) is 3.16. The molecule has 1 aromatic carbocycles. The third kappa shape index (κ3) is 3.55. The Balaban J connectivity index is 2.16. The van der Waals surface area contributed by atoms with E-state index in [4.69, 9.17) is 0 Å². The van der Waals surface area contributed by atoms with Crippen LogP contribution in [0, 0.1) is 11.8 Å². The zero-order chi connectivity index (χ0) is 14.6. The van der Waals surface area contributed by atoms with Crippen molar-refractivity contribution in [1.29, 1.82) is 0 Å². The normalized spacial score (nSPS) is 10.6. The fourth-order valence-corrected chi connectivity index (χ4v) is 1.75. The van der Waals surface area contributed by atoms with Crippen LogP contribution in [0.1, 0.15) is 42.3 Å². The van der Waals surface area contributed by atoms with Gasteiger partial charge in [-0.15, -0.1) is 0 Å². The first-order valence-corrected chi connectivity index (χ1v) is 6.54. The minimum atomic E-state index is -0.210. The molecule has 0 amide bonds. The molecule has 1 aromatic heterocycles. The lowest BCUT2D eigenvalue weighted by molar-refractivity contribution is 0.105. The third-order valence-electron chi connectivity index (χ3n) is 3.00. The molecule has 20 heavy (non-hydrogen) atoms. The topological polar surface area (TPSA) is 30.0 Å². The van der Waals surface area contributed by atoms with E-state index >= 15 is 0 Å². The molecule has 2 aromatic rings. The predicted octanol–water partition coefficient (Wildman–Crippen LogP) is 3.61. The zero-order valence-electron chi connectivity index (χ0n) is 12.0. The van der Waals surface area contributed by atoms with Crippen molar-refractivity contribution in [3.63, 3.8) is 0 Å². The molecule has 2 rings (SSSR count). The Bertz CT molecular complexity index is 653. The number of carbonyl (C=O) groups is 1. The van der Waals surface area contributed by atoms with Crippen LogP contribution in [0.15, 0.2) is 48.8 Å².